The van der Waals surface area contributed by atoms with E-state index in [0.29, 0.717) is 0 Å². The summed E-state index contributed by atoms with van der Waals surface area (Å²) in [5.74, 6) is 0.906. The van der Waals surface area contributed by atoms with Crippen molar-refractivity contribution in [2.24, 2.45) is 13.0 Å². The molecule has 1 unspecified atom stereocenters. The van der Waals surface area contributed by atoms with Gasteiger partial charge in [-0.15, -0.1) is 23.7 Å². The van der Waals surface area contributed by atoms with Crippen molar-refractivity contribution in [1.29, 1.82) is 0 Å². The van der Waals surface area contributed by atoms with E-state index in [1.807, 2.05) is 29.3 Å². The van der Waals surface area contributed by atoms with Crippen LogP contribution in [0.2, 0.25) is 0 Å². The summed E-state index contributed by atoms with van der Waals surface area (Å²) < 4.78 is 1.87. The minimum atomic E-state index is 0. The Bertz CT molecular complexity index is 639. The average molecular weight is 367 g/mol. The van der Waals surface area contributed by atoms with E-state index in [-0.39, 0.29) is 12.4 Å². The molecule has 2 fully saturated rings. The summed E-state index contributed by atoms with van der Waals surface area (Å²) in [6, 6.07) is 5.33. The Morgan fingerprint density at radius 3 is 2.75 bits per heavy atom. The Labute approximate surface area is 154 Å². The van der Waals surface area contributed by atoms with Crippen LogP contribution in [0.25, 0.3) is 10.4 Å². The van der Waals surface area contributed by atoms with E-state index in [4.69, 9.17) is 0 Å². The molecule has 132 valence electrons. The number of likely N-dealkylation sites (tertiary alicyclic amines) is 1. The third-order valence-corrected chi connectivity index (χ3v) is 6.45. The topological polar surface area (TPSA) is 33.1 Å². The number of thiophene rings is 1. The van der Waals surface area contributed by atoms with E-state index in [2.05, 4.69) is 33.6 Å². The van der Waals surface area contributed by atoms with Crippen LogP contribution in [0.15, 0.2) is 24.5 Å². The Kier molecular flexibility index (Phi) is 5.98. The maximum Gasteiger partial charge on any atom is 0.0576 e. The zero-order chi connectivity index (χ0) is 15.6. The van der Waals surface area contributed by atoms with Gasteiger partial charge in [0.05, 0.1) is 6.20 Å². The van der Waals surface area contributed by atoms with E-state index in [1.165, 1.54) is 60.6 Å². The molecule has 1 atom stereocenters. The molecule has 24 heavy (non-hydrogen) atoms. The van der Waals surface area contributed by atoms with Gasteiger partial charge in [0.2, 0.25) is 0 Å². The molecule has 2 saturated heterocycles. The van der Waals surface area contributed by atoms with Crippen LogP contribution in [0.1, 0.15) is 30.6 Å². The molecule has 0 saturated carbocycles. The predicted molar refractivity (Wildman–Crippen MR) is 103 cm³/mol. The van der Waals surface area contributed by atoms with Gasteiger partial charge in [0.15, 0.2) is 0 Å². The molecule has 0 radical (unpaired) electrons. The lowest BCUT2D eigenvalue weighted by atomic mass is 9.88. The third-order valence-electron chi connectivity index (χ3n) is 5.33. The Morgan fingerprint density at radius 1 is 1.25 bits per heavy atom. The summed E-state index contributed by atoms with van der Waals surface area (Å²) in [4.78, 5) is 5.43. The van der Waals surface area contributed by atoms with Crippen molar-refractivity contribution in [2.45, 2.75) is 38.3 Å². The SMILES string of the molecule is Cl.Cn1cc(-c2ccc(CN3CCC(C4CCCN4)CC3)s2)cn1. The van der Waals surface area contributed by atoms with Crippen LogP contribution in [0.5, 0.6) is 0 Å². The molecule has 6 heteroatoms. The normalized spacial score (nSPS) is 22.6. The molecule has 4 heterocycles. The first-order valence-corrected chi connectivity index (χ1v) is 9.63. The zero-order valence-corrected chi connectivity index (χ0v) is 15.9. The van der Waals surface area contributed by atoms with E-state index in [9.17, 15) is 0 Å². The summed E-state index contributed by atoms with van der Waals surface area (Å²) >= 11 is 1.91. The minimum absolute atomic E-state index is 0. The van der Waals surface area contributed by atoms with Crippen molar-refractivity contribution in [1.82, 2.24) is 20.0 Å². The zero-order valence-electron chi connectivity index (χ0n) is 14.3. The molecule has 0 bridgehead atoms. The third kappa shape index (κ3) is 4.02. The van der Waals surface area contributed by atoms with Gasteiger partial charge >= 0.3 is 0 Å². The Balaban J connectivity index is 0.00000169. The molecule has 0 aromatic carbocycles. The van der Waals surface area contributed by atoms with Gasteiger partial charge in [-0.05, 0) is 63.4 Å². The van der Waals surface area contributed by atoms with Crippen LogP contribution in [0, 0.1) is 5.92 Å². The lowest BCUT2D eigenvalue weighted by Crippen LogP contribution is -2.40. The highest BCUT2D eigenvalue weighted by Gasteiger charge is 2.28. The van der Waals surface area contributed by atoms with Gasteiger partial charge < -0.3 is 5.32 Å². The highest BCUT2D eigenvalue weighted by molar-refractivity contribution is 7.15. The van der Waals surface area contributed by atoms with Crippen molar-refractivity contribution >= 4 is 23.7 Å². The van der Waals surface area contributed by atoms with E-state index < -0.39 is 0 Å². The first kappa shape index (κ1) is 17.9. The molecule has 0 spiro atoms. The van der Waals surface area contributed by atoms with Gasteiger partial charge in [-0.1, -0.05) is 0 Å². The van der Waals surface area contributed by atoms with Crippen LogP contribution in [0.3, 0.4) is 0 Å². The molecule has 2 aliphatic heterocycles. The molecular weight excluding hydrogens is 340 g/mol. The number of nitrogens with one attached hydrogen (secondary N) is 1. The molecule has 2 aliphatic rings. The van der Waals surface area contributed by atoms with Gasteiger partial charge in [0.25, 0.3) is 0 Å². The Morgan fingerprint density at radius 2 is 2.08 bits per heavy atom. The van der Waals surface area contributed by atoms with Crippen molar-refractivity contribution in [2.75, 3.05) is 19.6 Å². The monoisotopic (exact) mass is 366 g/mol. The van der Waals surface area contributed by atoms with Gasteiger partial charge in [0.1, 0.15) is 0 Å². The Hall–Kier alpha value is -0.880. The summed E-state index contributed by atoms with van der Waals surface area (Å²) in [5, 5.41) is 7.96. The second kappa shape index (κ2) is 8.00. The van der Waals surface area contributed by atoms with Gasteiger partial charge in [-0.3, -0.25) is 9.58 Å². The fourth-order valence-electron chi connectivity index (χ4n) is 4.01. The van der Waals surface area contributed by atoms with Crippen LogP contribution in [0.4, 0.5) is 0 Å². The van der Waals surface area contributed by atoms with Gasteiger partial charge in [-0.2, -0.15) is 5.10 Å². The molecule has 2 aromatic heterocycles. The highest BCUT2D eigenvalue weighted by Crippen LogP contribution is 2.30. The van der Waals surface area contributed by atoms with Crippen LogP contribution >= 0.6 is 23.7 Å². The van der Waals surface area contributed by atoms with E-state index in [1.54, 1.807) is 0 Å². The smallest absolute Gasteiger partial charge is 0.0576 e. The van der Waals surface area contributed by atoms with E-state index >= 15 is 0 Å². The summed E-state index contributed by atoms with van der Waals surface area (Å²) in [6.45, 7) is 4.85. The number of aromatic nitrogens is 2. The van der Waals surface area contributed by atoms with Crippen molar-refractivity contribution in [3.8, 4) is 10.4 Å². The van der Waals surface area contributed by atoms with E-state index in [0.717, 1.165) is 18.5 Å². The number of nitrogens with zero attached hydrogens (tertiary/aromatic N) is 3. The molecule has 0 aliphatic carbocycles. The van der Waals surface area contributed by atoms with Gasteiger partial charge in [-0.25, -0.2) is 0 Å². The maximum atomic E-state index is 4.27. The first-order valence-electron chi connectivity index (χ1n) is 8.81. The molecule has 0 amide bonds. The number of piperidine rings is 1. The van der Waals surface area contributed by atoms with Crippen molar-refractivity contribution in [3.63, 3.8) is 0 Å². The number of aryl methyl sites for hydroxylation is 1. The van der Waals surface area contributed by atoms with Crippen LogP contribution < -0.4 is 5.32 Å². The fourth-order valence-corrected chi connectivity index (χ4v) is 5.04. The number of halogens is 1. The molecule has 2 aromatic rings. The summed E-state index contributed by atoms with van der Waals surface area (Å²) in [6.07, 6.45) is 9.53. The standard InChI is InChI=1S/C18H26N4S.ClH/c1-21-12-15(11-20-21)18-5-4-16(23-18)13-22-9-6-14(7-10-22)17-3-2-8-19-17;/h4-5,11-12,14,17,19H,2-3,6-10,13H2,1H3;1H. The number of rotatable bonds is 4. The summed E-state index contributed by atoms with van der Waals surface area (Å²) in [7, 11) is 1.97. The van der Waals surface area contributed by atoms with Crippen LogP contribution in [-0.4, -0.2) is 40.4 Å². The van der Waals surface area contributed by atoms with Gasteiger partial charge in [0, 0.05) is 41.1 Å². The maximum absolute atomic E-state index is 4.27. The predicted octanol–water partition coefficient (Wildman–Crippen LogP) is 3.53. The van der Waals surface area contributed by atoms with Crippen molar-refractivity contribution < 1.29 is 0 Å². The molecule has 4 rings (SSSR count). The molecule has 4 nitrogen and oxygen atoms in total. The number of hydrogen-bond donors (Lipinski definition) is 1. The second-order valence-electron chi connectivity index (χ2n) is 6.99. The van der Waals surface area contributed by atoms with Crippen LogP contribution in [-0.2, 0) is 13.6 Å². The average Bonchev–Trinajstić information content (AvgIpc) is 3.29. The summed E-state index contributed by atoms with van der Waals surface area (Å²) in [5.41, 5.74) is 1.23. The lowest BCUT2D eigenvalue weighted by molar-refractivity contribution is 0.158. The molecular formula is C18H27ClN4S. The first-order chi connectivity index (χ1) is 11.3. The quantitative estimate of drug-likeness (QED) is 0.898. The molecule has 1 N–H and O–H groups in total. The van der Waals surface area contributed by atoms with Crippen molar-refractivity contribution in [3.05, 3.63) is 29.4 Å². The number of hydrogen-bond acceptors (Lipinski definition) is 4. The largest absolute Gasteiger partial charge is 0.314 e. The minimum Gasteiger partial charge on any atom is -0.314 e. The lowest BCUT2D eigenvalue weighted by Gasteiger charge is -2.34. The second-order valence-corrected chi connectivity index (χ2v) is 8.15. The fraction of sp³-hybridized carbons (Fsp3) is 0.611. The highest BCUT2D eigenvalue weighted by atomic mass is 35.5.